The second-order valence-corrected chi connectivity index (χ2v) is 6.56. The van der Waals surface area contributed by atoms with Crippen LogP contribution in [-0.2, 0) is 17.8 Å². The molecule has 1 amide bonds. The van der Waals surface area contributed by atoms with E-state index in [0.29, 0.717) is 47.8 Å². The Bertz CT molecular complexity index is 1150. The van der Waals surface area contributed by atoms with Crippen molar-refractivity contribution in [2.45, 2.75) is 19.4 Å². The predicted octanol–water partition coefficient (Wildman–Crippen LogP) is 3.16. The number of para-hydroxylation sites is 1. The number of benzene rings is 1. The first-order valence-electron chi connectivity index (χ1n) is 9.56. The molecule has 0 saturated heterocycles. The Kier molecular flexibility index (Phi) is 5.97. The van der Waals surface area contributed by atoms with Crippen molar-refractivity contribution in [3.8, 4) is 23.1 Å². The minimum atomic E-state index is -0.197. The highest BCUT2D eigenvalue weighted by molar-refractivity contribution is 5.89. The minimum absolute atomic E-state index is 0.174. The van der Waals surface area contributed by atoms with Crippen LogP contribution in [-0.4, -0.2) is 40.0 Å². The van der Waals surface area contributed by atoms with E-state index in [1.54, 1.807) is 43.3 Å². The summed E-state index contributed by atoms with van der Waals surface area (Å²) >= 11 is 0. The average Bonchev–Trinajstić information content (AvgIpc) is 3.54. The molecule has 0 fully saturated rings. The molecule has 0 atom stereocenters. The summed E-state index contributed by atoms with van der Waals surface area (Å²) in [7, 11) is 3.17. The maximum absolute atomic E-state index is 12.4. The third kappa shape index (κ3) is 4.58. The normalized spacial score (nSPS) is 10.8. The zero-order valence-corrected chi connectivity index (χ0v) is 17.1. The highest BCUT2D eigenvalue weighted by Crippen LogP contribution is 2.31. The molecule has 0 aliphatic carbocycles. The van der Waals surface area contributed by atoms with E-state index in [9.17, 15) is 4.79 Å². The van der Waals surface area contributed by atoms with Gasteiger partial charge in [-0.05, 0) is 18.2 Å². The molecular weight excluding hydrogens is 402 g/mol. The van der Waals surface area contributed by atoms with Gasteiger partial charge in [0.1, 0.15) is 5.82 Å². The van der Waals surface area contributed by atoms with Gasteiger partial charge in [0.15, 0.2) is 17.3 Å². The molecule has 0 saturated carbocycles. The maximum Gasteiger partial charge on any atom is 0.238 e. The molecule has 31 heavy (non-hydrogen) atoms. The van der Waals surface area contributed by atoms with Crippen molar-refractivity contribution in [2.24, 2.45) is 0 Å². The first-order valence-corrected chi connectivity index (χ1v) is 9.56. The van der Waals surface area contributed by atoms with Crippen LogP contribution in [0.2, 0.25) is 0 Å². The summed E-state index contributed by atoms with van der Waals surface area (Å²) in [5.74, 6) is 2.85. The molecule has 0 spiro atoms. The Morgan fingerprint density at radius 1 is 1.16 bits per heavy atom. The van der Waals surface area contributed by atoms with Crippen LogP contribution in [0.3, 0.4) is 0 Å². The maximum atomic E-state index is 12.4. The van der Waals surface area contributed by atoms with Gasteiger partial charge in [-0.25, -0.2) is 4.68 Å². The third-order valence-corrected chi connectivity index (χ3v) is 4.56. The minimum Gasteiger partial charge on any atom is -0.493 e. The van der Waals surface area contributed by atoms with Crippen molar-refractivity contribution in [1.82, 2.24) is 19.9 Å². The summed E-state index contributed by atoms with van der Waals surface area (Å²) in [5.41, 5.74) is 0.873. The average molecular weight is 423 g/mol. The van der Waals surface area contributed by atoms with E-state index in [4.69, 9.17) is 18.4 Å². The van der Waals surface area contributed by atoms with Gasteiger partial charge in [-0.1, -0.05) is 17.3 Å². The van der Waals surface area contributed by atoms with Crippen molar-refractivity contribution in [3.05, 3.63) is 60.3 Å². The van der Waals surface area contributed by atoms with E-state index in [0.717, 1.165) is 5.56 Å². The standard InChI is InChI=1S/C21H21N5O5/c1-28-15-6-3-5-14(20(15)29-2)13-26-17(10-11-22-26)23-18(27)8-9-19-24-21(25-31-19)16-7-4-12-30-16/h3-7,10-12H,8-9,13H2,1-2H3,(H,23,27). The topological polar surface area (TPSA) is 117 Å². The first kappa shape index (κ1) is 20.2. The molecular formula is C21H21N5O5. The van der Waals surface area contributed by atoms with Gasteiger partial charge in [-0.3, -0.25) is 4.79 Å². The molecule has 160 valence electrons. The fourth-order valence-electron chi connectivity index (χ4n) is 3.09. The summed E-state index contributed by atoms with van der Waals surface area (Å²) in [4.78, 5) is 16.7. The first-order chi connectivity index (χ1) is 15.2. The number of methoxy groups -OCH3 is 2. The number of amides is 1. The van der Waals surface area contributed by atoms with E-state index < -0.39 is 0 Å². The van der Waals surface area contributed by atoms with Crippen LogP contribution >= 0.6 is 0 Å². The highest BCUT2D eigenvalue weighted by Gasteiger charge is 2.15. The fraction of sp³-hybridized carbons (Fsp3) is 0.238. The van der Waals surface area contributed by atoms with Crippen molar-refractivity contribution >= 4 is 11.7 Å². The second-order valence-electron chi connectivity index (χ2n) is 6.56. The Morgan fingerprint density at radius 3 is 2.84 bits per heavy atom. The van der Waals surface area contributed by atoms with E-state index in [2.05, 4.69) is 20.6 Å². The number of nitrogens with one attached hydrogen (secondary N) is 1. The zero-order chi connectivity index (χ0) is 21.6. The molecule has 1 N–H and O–H groups in total. The van der Waals surface area contributed by atoms with Gasteiger partial charge in [0.25, 0.3) is 0 Å². The monoisotopic (exact) mass is 423 g/mol. The van der Waals surface area contributed by atoms with Gasteiger partial charge in [0.05, 0.1) is 33.2 Å². The van der Waals surface area contributed by atoms with Gasteiger partial charge in [0, 0.05) is 24.5 Å². The number of carbonyl (C=O) groups excluding carboxylic acids is 1. The van der Waals surface area contributed by atoms with Crippen LogP contribution in [0, 0.1) is 0 Å². The van der Waals surface area contributed by atoms with Crippen molar-refractivity contribution in [2.75, 3.05) is 19.5 Å². The van der Waals surface area contributed by atoms with Crippen LogP contribution in [0.15, 0.2) is 57.8 Å². The van der Waals surface area contributed by atoms with Gasteiger partial charge in [-0.2, -0.15) is 10.1 Å². The molecule has 3 aromatic heterocycles. The van der Waals surface area contributed by atoms with Gasteiger partial charge >= 0.3 is 0 Å². The molecule has 0 aliphatic rings. The Morgan fingerprint density at radius 2 is 2.06 bits per heavy atom. The number of anilines is 1. The van der Waals surface area contributed by atoms with Crippen LogP contribution in [0.1, 0.15) is 17.9 Å². The van der Waals surface area contributed by atoms with Crippen molar-refractivity contribution < 1.29 is 23.2 Å². The number of aryl methyl sites for hydroxylation is 1. The van der Waals surface area contributed by atoms with Crippen LogP contribution in [0.4, 0.5) is 5.82 Å². The molecule has 1 aromatic carbocycles. The number of hydrogen-bond donors (Lipinski definition) is 1. The molecule has 3 heterocycles. The predicted molar refractivity (Wildman–Crippen MR) is 110 cm³/mol. The van der Waals surface area contributed by atoms with E-state index in [-0.39, 0.29) is 12.3 Å². The lowest BCUT2D eigenvalue weighted by Gasteiger charge is -2.14. The molecule has 10 heteroatoms. The number of aromatic nitrogens is 4. The summed E-state index contributed by atoms with van der Waals surface area (Å²) in [6.07, 6.45) is 3.63. The summed E-state index contributed by atoms with van der Waals surface area (Å²) in [5, 5.41) is 11.0. The van der Waals surface area contributed by atoms with Gasteiger partial charge in [-0.15, -0.1) is 0 Å². The molecule has 4 aromatic rings. The molecule has 0 aliphatic heterocycles. The van der Waals surface area contributed by atoms with Gasteiger partial charge < -0.3 is 23.7 Å². The fourth-order valence-corrected chi connectivity index (χ4v) is 3.09. The highest BCUT2D eigenvalue weighted by atomic mass is 16.5. The van der Waals surface area contributed by atoms with E-state index in [1.807, 2.05) is 18.2 Å². The SMILES string of the molecule is COc1cccc(Cn2nccc2NC(=O)CCc2nc(-c3ccco3)no2)c1OC. The molecule has 0 bridgehead atoms. The molecule has 4 rings (SSSR count). The summed E-state index contributed by atoms with van der Waals surface area (Å²) < 4.78 is 22.9. The molecule has 0 radical (unpaired) electrons. The Labute approximate surface area is 177 Å². The Balaban J connectivity index is 1.38. The summed E-state index contributed by atoms with van der Waals surface area (Å²) in [6.45, 7) is 0.402. The third-order valence-electron chi connectivity index (χ3n) is 4.56. The van der Waals surface area contributed by atoms with Crippen LogP contribution in [0.25, 0.3) is 11.6 Å². The van der Waals surface area contributed by atoms with Gasteiger partial charge in [0.2, 0.25) is 17.6 Å². The number of rotatable bonds is 9. The molecule has 0 unspecified atom stereocenters. The number of nitrogens with zero attached hydrogens (tertiary/aromatic N) is 4. The lowest BCUT2D eigenvalue weighted by atomic mass is 10.2. The van der Waals surface area contributed by atoms with Crippen LogP contribution in [0.5, 0.6) is 11.5 Å². The van der Waals surface area contributed by atoms with E-state index >= 15 is 0 Å². The number of furan rings is 1. The second kappa shape index (κ2) is 9.16. The molecule has 10 nitrogen and oxygen atoms in total. The lowest BCUT2D eigenvalue weighted by molar-refractivity contribution is -0.116. The largest absolute Gasteiger partial charge is 0.493 e. The quantitative estimate of drug-likeness (QED) is 0.436. The van der Waals surface area contributed by atoms with Crippen molar-refractivity contribution in [1.29, 1.82) is 0 Å². The van der Waals surface area contributed by atoms with Crippen molar-refractivity contribution in [3.63, 3.8) is 0 Å². The van der Waals surface area contributed by atoms with Crippen LogP contribution < -0.4 is 14.8 Å². The summed E-state index contributed by atoms with van der Waals surface area (Å²) in [6, 6.07) is 10.8. The van der Waals surface area contributed by atoms with E-state index in [1.165, 1.54) is 6.26 Å². The number of ether oxygens (including phenoxy) is 2. The lowest BCUT2D eigenvalue weighted by Crippen LogP contribution is -2.16. The zero-order valence-electron chi connectivity index (χ0n) is 17.1. The number of hydrogen-bond acceptors (Lipinski definition) is 8. The number of carbonyl (C=O) groups is 1. The smallest absolute Gasteiger partial charge is 0.238 e. The Hall–Kier alpha value is -4.08.